The van der Waals surface area contributed by atoms with Gasteiger partial charge in [0.15, 0.2) is 5.65 Å². The van der Waals surface area contributed by atoms with Gasteiger partial charge in [-0.15, -0.1) is 0 Å². The zero-order chi connectivity index (χ0) is 18.5. The first kappa shape index (κ1) is 16.8. The largest absolute Gasteiger partial charge is 0.416 e. The summed E-state index contributed by atoms with van der Waals surface area (Å²) in [4.78, 5) is 10.5. The number of aryl methyl sites for hydroxylation is 1. The number of benzene rings is 1. The number of aromatic nitrogens is 4. The average Bonchev–Trinajstić information content (AvgIpc) is 2.94. The topological polar surface area (TPSA) is 58.9 Å². The predicted molar refractivity (Wildman–Crippen MR) is 91.1 cm³/mol. The highest BCUT2D eigenvalue weighted by molar-refractivity contribution is 5.75. The Morgan fingerprint density at radius 3 is 2.73 bits per heavy atom. The van der Waals surface area contributed by atoms with E-state index in [2.05, 4.69) is 20.4 Å². The van der Waals surface area contributed by atoms with E-state index in [4.69, 9.17) is 0 Å². The Kier molecular flexibility index (Phi) is 3.83. The van der Waals surface area contributed by atoms with Gasteiger partial charge in [-0.25, -0.2) is 4.98 Å². The van der Waals surface area contributed by atoms with Crippen molar-refractivity contribution in [2.45, 2.75) is 19.1 Å². The molecule has 1 aliphatic rings. The molecule has 0 saturated heterocycles. The van der Waals surface area contributed by atoms with E-state index in [1.165, 1.54) is 0 Å². The van der Waals surface area contributed by atoms with Gasteiger partial charge >= 0.3 is 6.18 Å². The molecule has 1 N–H and O–H groups in total. The van der Waals surface area contributed by atoms with Gasteiger partial charge in [-0.3, -0.25) is 4.68 Å². The number of hydrogen-bond acceptors (Lipinski definition) is 5. The third-order valence-electron chi connectivity index (χ3n) is 4.56. The molecule has 4 rings (SSSR count). The lowest BCUT2D eigenvalue weighted by Crippen LogP contribution is -2.28. The van der Waals surface area contributed by atoms with Crippen LogP contribution in [0.25, 0.3) is 11.0 Å². The lowest BCUT2D eigenvalue weighted by molar-refractivity contribution is -0.138. The van der Waals surface area contributed by atoms with Crippen LogP contribution in [0.2, 0.25) is 0 Å². The molecule has 0 atom stereocenters. The molecule has 0 unspecified atom stereocenters. The standard InChI is InChI=1S/C17H17F3N6/c1-25-4-3-13-10(9-25)5-12(6-14(13)17(18,19)20)23-16-21-7-11-8-22-26(2)15(11)24-16/h5-8H,3-4,9H2,1-2H3,(H,21,23,24). The summed E-state index contributed by atoms with van der Waals surface area (Å²) in [6, 6.07) is 2.89. The van der Waals surface area contributed by atoms with Crippen LogP contribution < -0.4 is 5.32 Å². The maximum absolute atomic E-state index is 13.5. The Balaban J connectivity index is 1.75. The number of anilines is 2. The number of halogens is 3. The summed E-state index contributed by atoms with van der Waals surface area (Å²) < 4.78 is 42.2. The van der Waals surface area contributed by atoms with Crippen molar-refractivity contribution in [3.8, 4) is 0 Å². The Morgan fingerprint density at radius 2 is 1.96 bits per heavy atom. The van der Waals surface area contributed by atoms with Gasteiger partial charge in [0.25, 0.3) is 0 Å². The normalized spacial score (nSPS) is 15.3. The summed E-state index contributed by atoms with van der Waals surface area (Å²) in [7, 11) is 3.64. The maximum Gasteiger partial charge on any atom is 0.416 e. The second-order valence-corrected chi connectivity index (χ2v) is 6.51. The van der Waals surface area contributed by atoms with Crippen LogP contribution in [0.5, 0.6) is 0 Å². The van der Waals surface area contributed by atoms with E-state index in [9.17, 15) is 13.2 Å². The van der Waals surface area contributed by atoms with E-state index in [0.717, 1.165) is 11.5 Å². The Bertz CT molecular complexity index is 979. The van der Waals surface area contributed by atoms with Crippen molar-refractivity contribution in [1.82, 2.24) is 24.6 Å². The van der Waals surface area contributed by atoms with Crippen LogP contribution in [-0.4, -0.2) is 38.2 Å². The number of hydrogen-bond donors (Lipinski definition) is 1. The van der Waals surface area contributed by atoms with E-state index < -0.39 is 11.7 Å². The van der Waals surface area contributed by atoms with Crippen LogP contribution in [0.1, 0.15) is 16.7 Å². The molecule has 3 aromatic rings. The Morgan fingerprint density at radius 1 is 1.15 bits per heavy atom. The number of nitrogens with zero attached hydrogens (tertiary/aromatic N) is 5. The van der Waals surface area contributed by atoms with Crippen molar-refractivity contribution in [1.29, 1.82) is 0 Å². The van der Waals surface area contributed by atoms with E-state index in [0.29, 0.717) is 42.0 Å². The zero-order valence-corrected chi connectivity index (χ0v) is 14.3. The molecule has 1 aliphatic heterocycles. The van der Waals surface area contributed by atoms with E-state index in [1.54, 1.807) is 30.2 Å². The average molecular weight is 362 g/mol. The molecule has 0 amide bonds. The fourth-order valence-corrected chi connectivity index (χ4v) is 3.29. The molecule has 0 spiro atoms. The zero-order valence-electron chi connectivity index (χ0n) is 14.3. The van der Waals surface area contributed by atoms with Gasteiger partial charge in [0.2, 0.25) is 5.95 Å². The number of fused-ring (bicyclic) bond motifs is 2. The van der Waals surface area contributed by atoms with Crippen LogP contribution >= 0.6 is 0 Å². The molecule has 0 fully saturated rings. The number of nitrogens with one attached hydrogen (secondary N) is 1. The molecule has 6 nitrogen and oxygen atoms in total. The monoisotopic (exact) mass is 362 g/mol. The van der Waals surface area contributed by atoms with Gasteiger partial charge in [0.1, 0.15) is 0 Å². The predicted octanol–water partition coefficient (Wildman–Crippen LogP) is 3.11. The second-order valence-electron chi connectivity index (χ2n) is 6.51. The van der Waals surface area contributed by atoms with Crippen LogP contribution in [-0.2, 0) is 26.2 Å². The van der Waals surface area contributed by atoms with E-state index >= 15 is 0 Å². The third-order valence-corrected chi connectivity index (χ3v) is 4.56. The summed E-state index contributed by atoms with van der Waals surface area (Å²) in [5.41, 5.74) is 1.40. The first-order valence-corrected chi connectivity index (χ1v) is 8.14. The van der Waals surface area contributed by atoms with Crippen molar-refractivity contribution in [3.05, 3.63) is 41.2 Å². The minimum atomic E-state index is -4.40. The third kappa shape index (κ3) is 2.98. The molecule has 136 valence electrons. The molecule has 9 heteroatoms. The van der Waals surface area contributed by atoms with E-state index in [1.807, 2.05) is 11.9 Å². The Labute approximate surface area is 147 Å². The fraction of sp³-hybridized carbons (Fsp3) is 0.353. The molecule has 0 bridgehead atoms. The molecule has 0 saturated carbocycles. The summed E-state index contributed by atoms with van der Waals surface area (Å²) >= 11 is 0. The SMILES string of the molecule is CN1CCc2c(cc(Nc3ncc4cnn(C)c4n3)cc2C(F)(F)F)C1. The molecule has 26 heavy (non-hydrogen) atoms. The molecule has 3 heterocycles. The van der Waals surface area contributed by atoms with Crippen molar-refractivity contribution >= 4 is 22.7 Å². The van der Waals surface area contributed by atoms with Crippen LogP contribution in [0.3, 0.4) is 0 Å². The van der Waals surface area contributed by atoms with Gasteiger partial charge < -0.3 is 10.2 Å². The molecule has 0 radical (unpaired) electrons. The van der Waals surface area contributed by atoms with Gasteiger partial charge in [-0.1, -0.05) is 0 Å². The number of likely N-dealkylation sites (N-methyl/N-ethyl adjacent to an activating group) is 1. The molecule has 0 aliphatic carbocycles. The van der Waals surface area contributed by atoms with Crippen LogP contribution in [0, 0.1) is 0 Å². The smallest absolute Gasteiger partial charge is 0.324 e. The van der Waals surface area contributed by atoms with Gasteiger partial charge in [0.05, 0.1) is 17.1 Å². The summed E-state index contributed by atoms with van der Waals surface area (Å²) in [6.45, 7) is 1.10. The number of rotatable bonds is 2. The van der Waals surface area contributed by atoms with E-state index in [-0.39, 0.29) is 5.95 Å². The van der Waals surface area contributed by atoms with Crippen molar-refractivity contribution < 1.29 is 13.2 Å². The van der Waals surface area contributed by atoms with Crippen molar-refractivity contribution in [2.75, 3.05) is 18.9 Å². The van der Waals surface area contributed by atoms with Crippen molar-refractivity contribution in [2.24, 2.45) is 7.05 Å². The van der Waals surface area contributed by atoms with Gasteiger partial charge in [-0.05, 0) is 36.7 Å². The van der Waals surface area contributed by atoms with Crippen molar-refractivity contribution in [3.63, 3.8) is 0 Å². The first-order chi connectivity index (χ1) is 12.3. The minimum Gasteiger partial charge on any atom is -0.324 e. The lowest BCUT2D eigenvalue weighted by atomic mass is 9.93. The lowest BCUT2D eigenvalue weighted by Gasteiger charge is -2.28. The van der Waals surface area contributed by atoms with Crippen LogP contribution in [0.15, 0.2) is 24.5 Å². The summed E-state index contributed by atoms with van der Waals surface area (Å²) in [5, 5.41) is 7.76. The van der Waals surface area contributed by atoms with Crippen LogP contribution in [0.4, 0.5) is 24.8 Å². The molecular weight excluding hydrogens is 345 g/mol. The molecule has 2 aromatic heterocycles. The minimum absolute atomic E-state index is 0.235. The summed E-state index contributed by atoms with van der Waals surface area (Å²) in [6.07, 6.45) is -0.785. The second kappa shape index (κ2) is 5.94. The maximum atomic E-state index is 13.5. The quantitative estimate of drug-likeness (QED) is 0.759. The highest BCUT2D eigenvalue weighted by atomic mass is 19.4. The Hall–Kier alpha value is -2.68. The molecule has 1 aromatic carbocycles. The summed E-state index contributed by atoms with van der Waals surface area (Å²) in [5.74, 6) is 0.235. The highest BCUT2D eigenvalue weighted by Gasteiger charge is 2.35. The first-order valence-electron chi connectivity index (χ1n) is 8.14. The fourth-order valence-electron chi connectivity index (χ4n) is 3.29. The van der Waals surface area contributed by atoms with Gasteiger partial charge in [-0.2, -0.15) is 23.3 Å². The molecular formula is C17H17F3N6. The number of alkyl halides is 3. The highest BCUT2D eigenvalue weighted by Crippen LogP contribution is 2.38. The van der Waals surface area contributed by atoms with Gasteiger partial charge in [0, 0.05) is 32.0 Å².